The van der Waals surface area contributed by atoms with Crippen molar-refractivity contribution in [2.75, 3.05) is 13.7 Å². The number of rotatable bonds is 4. The molecule has 1 aliphatic heterocycles. The van der Waals surface area contributed by atoms with Crippen LogP contribution >= 0.6 is 0 Å². The van der Waals surface area contributed by atoms with Gasteiger partial charge < -0.3 is 14.6 Å². The van der Waals surface area contributed by atoms with Gasteiger partial charge in [-0.25, -0.2) is 0 Å². The second-order valence-corrected chi connectivity index (χ2v) is 4.33. The van der Waals surface area contributed by atoms with Crippen molar-refractivity contribution in [3.8, 4) is 5.75 Å². The number of ether oxygens (including phenoxy) is 2. The standard InChI is InChI=1S/C13H19NO3/c1-16-12-6-4-7-14-13(12)11(15)9-10-5-2-3-8-17-10/h4,6-7,10-11,15H,2-3,5,8-9H2,1H3. The first-order valence-electron chi connectivity index (χ1n) is 6.10. The summed E-state index contributed by atoms with van der Waals surface area (Å²) in [5, 5.41) is 10.2. The third-order valence-electron chi connectivity index (χ3n) is 3.10. The van der Waals surface area contributed by atoms with Gasteiger partial charge in [-0.2, -0.15) is 0 Å². The van der Waals surface area contributed by atoms with Gasteiger partial charge in [-0.15, -0.1) is 0 Å². The molecule has 4 heteroatoms. The van der Waals surface area contributed by atoms with Crippen LogP contribution in [0.4, 0.5) is 0 Å². The smallest absolute Gasteiger partial charge is 0.143 e. The van der Waals surface area contributed by atoms with Crippen LogP contribution in [0.5, 0.6) is 5.75 Å². The van der Waals surface area contributed by atoms with E-state index in [1.807, 2.05) is 6.07 Å². The minimum atomic E-state index is -0.616. The van der Waals surface area contributed by atoms with Gasteiger partial charge in [-0.3, -0.25) is 4.98 Å². The van der Waals surface area contributed by atoms with Crippen LogP contribution in [0, 0.1) is 0 Å². The summed E-state index contributed by atoms with van der Waals surface area (Å²) in [5.41, 5.74) is 0.601. The van der Waals surface area contributed by atoms with Gasteiger partial charge in [0.1, 0.15) is 17.5 Å². The molecule has 2 unspecified atom stereocenters. The molecule has 1 fully saturated rings. The third kappa shape index (κ3) is 3.17. The van der Waals surface area contributed by atoms with Crippen molar-refractivity contribution in [3.63, 3.8) is 0 Å². The second kappa shape index (κ2) is 5.98. The summed E-state index contributed by atoms with van der Waals surface area (Å²) in [5.74, 6) is 0.635. The normalized spacial score (nSPS) is 22.1. The lowest BCUT2D eigenvalue weighted by atomic mass is 10.0. The molecule has 1 aromatic heterocycles. The first-order chi connectivity index (χ1) is 8.31. The third-order valence-corrected chi connectivity index (χ3v) is 3.10. The number of nitrogens with zero attached hydrogens (tertiary/aromatic N) is 1. The minimum Gasteiger partial charge on any atom is -0.495 e. The first kappa shape index (κ1) is 12.3. The molecule has 0 radical (unpaired) electrons. The fourth-order valence-corrected chi connectivity index (χ4v) is 2.18. The number of aromatic nitrogens is 1. The van der Waals surface area contributed by atoms with E-state index in [4.69, 9.17) is 9.47 Å². The summed E-state index contributed by atoms with van der Waals surface area (Å²) in [6.07, 6.45) is 5.11. The number of hydrogen-bond acceptors (Lipinski definition) is 4. The SMILES string of the molecule is COc1cccnc1C(O)CC1CCCCO1. The maximum Gasteiger partial charge on any atom is 0.143 e. The van der Waals surface area contributed by atoms with Crippen molar-refractivity contribution >= 4 is 0 Å². The maximum absolute atomic E-state index is 10.2. The lowest BCUT2D eigenvalue weighted by Crippen LogP contribution is -2.22. The van der Waals surface area contributed by atoms with Gasteiger partial charge in [0.05, 0.1) is 13.2 Å². The molecule has 94 valence electrons. The molecule has 0 spiro atoms. The molecule has 0 bridgehead atoms. The number of methoxy groups -OCH3 is 1. The Labute approximate surface area is 102 Å². The van der Waals surface area contributed by atoms with Crippen LogP contribution in [0.2, 0.25) is 0 Å². The lowest BCUT2D eigenvalue weighted by molar-refractivity contribution is -0.0166. The molecule has 2 rings (SSSR count). The molecule has 2 atom stereocenters. The van der Waals surface area contributed by atoms with Crippen molar-refractivity contribution < 1.29 is 14.6 Å². The van der Waals surface area contributed by atoms with Gasteiger partial charge in [0.2, 0.25) is 0 Å². The fourth-order valence-electron chi connectivity index (χ4n) is 2.18. The highest BCUT2D eigenvalue weighted by molar-refractivity contribution is 5.28. The zero-order chi connectivity index (χ0) is 12.1. The van der Waals surface area contributed by atoms with E-state index in [0.717, 1.165) is 19.4 Å². The van der Waals surface area contributed by atoms with Gasteiger partial charge in [0, 0.05) is 19.2 Å². The Kier molecular flexibility index (Phi) is 4.34. The largest absolute Gasteiger partial charge is 0.495 e. The second-order valence-electron chi connectivity index (χ2n) is 4.33. The molecular weight excluding hydrogens is 218 g/mol. The van der Waals surface area contributed by atoms with Crippen LogP contribution in [-0.4, -0.2) is 29.9 Å². The van der Waals surface area contributed by atoms with E-state index in [9.17, 15) is 5.11 Å². The zero-order valence-corrected chi connectivity index (χ0v) is 10.1. The summed E-state index contributed by atoms with van der Waals surface area (Å²) >= 11 is 0. The zero-order valence-electron chi connectivity index (χ0n) is 10.1. The van der Waals surface area contributed by atoms with Crippen LogP contribution in [0.15, 0.2) is 18.3 Å². The van der Waals surface area contributed by atoms with E-state index in [2.05, 4.69) is 4.98 Å². The molecule has 1 saturated heterocycles. The van der Waals surface area contributed by atoms with E-state index in [1.54, 1.807) is 19.4 Å². The van der Waals surface area contributed by atoms with Gasteiger partial charge in [0.25, 0.3) is 0 Å². The first-order valence-corrected chi connectivity index (χ1v) is 6.10. The Morgan fingerprint density at radius 1 is 1.59 bits per heavy atom. The lowest BCUT2D eigenvalue weighted by Gasteiger charge is -2.25. The summed E-state index contributed by atoms with van der Waals surface area (Å²) in [4.78, 5) is 4.18. The molecule has 0 saturated carbocycles. The van der Waals surface area contributed by atoms with Gasteiger partial charge >= 0.3 is 0 Å². The molecular formula is C13H19NO3. The molecule has 0 aliphatic carbocycles. The summed E-state index contributed by atoms with van der Waals surface area (Å²) < 4.78 is 10.8. The predicted molar refractivity (Wildman–Crippen MR) is 64.0 cm³/mol. The summed E-state index contributed by atoms with van der Waals surface area (Å²) in [6, 6.07) is 3.61. The topological polar surface area (TPSA) is 51.6 Å². The maximum atomic E-state index is 10.2. The van der Waals surface area contributed by atoms with Crippen molar-refractivity contribution in [2.24, 2.45) is 0 Å². The minimum absolute atomic E-state index is 0.144. The molecule has 0 amide bonds. The van der Waals surface area contributed by atoms with Gasteiger partial charge in [-0.1, -0.05) is 0 Å². The van der Waals surface area contributed by atoms with E-state index in [-0.39, 0.29) is 6.10 Å². The highest BCUT2D eigenvalue weighted by Crippen LogP contribution is 2.28. The van der Waals surface area contributed by atoms with Crippen LogP contribution in [0.3, 0.4) is 0 Å². The van der Waals surface area contributed by atoms with Crippen LogP contribution in [0.1, 0.15) is 37.5 Å². The van der Waals surface area contributed by atoms with Gasteiger partial charge in [-0.05, 0) is 31.4 Å². The average Bonchev–Trinajstić information content (AvgIpc) is 2.40. The highest BCUT2D eigenvalue weighted by Gasteiger charge is 2.22. The Balaban J connectivity index is 2.00. The van der Waals surface area contributed by atoms with E-state index < -0.39 is 6.10 Å². The van der Waals surface area contributed by atoms with Crippen molar-refractivity contribution in [1.82, 2.24) is 4.98 Å². The van der Waals surface area contributed by atoms with E-state index in [1.165, 1.54) is 6.42 Å². The van der Waals surface area contributed by atoms with Gasteiger partial charge in [0.15, 0.2) is 0 Å². The van der Waals surface area contributed by atoms with Crippen LogP contribution in [-0.2, 0) is 4.74 Å². The molecule has 1 aromatic rings. The quantitative estimate of drug-likeness (QED) is 0.871. The number of aliphatic hydroxyl groups is 1. The monoisotopic (exact) mass is 237 g/mol. The number of pyridine rings is 1. The van der Waals surface area contributed by atoms with E-state index in [0.29, 0.717) is 17.9 Å². The Morgan fingerprint density at radius 3 is 3.18 bits per heavy atom. The highest BCUT2D eigenvalue weighted by atomic mass is 16.5. The summed E-state index contributed by atoms with van der Waals surface area (Å²) in [6.45, 7) is 0.802. The molecule has 17 heavy (non-hydrogen) atoms. The number of aliphatic hydroxyl groups excluding tert-OH is 1. The molecule has 4 nitrogen and oxygen atoms in total. The molecule has 1 N–H and O–H groups in total. The Bertz CT molecular complexity index is 350. The average molecular weight is 237 g/mol. The van der Waals surface area contributed by atoms with E-state index >= 15 is 0 Å². The number of hydrogen-bond donors (Lipinski definition) is 1. The van der Waals surface area contributed by atoms with Crippen molar-refractivity contribution in [3.05, 3.63) is 24.0 Å². The van der Waals surface area contributed by atoms with Crippen molar-refractivity contribution in [2.45, 2.75) is 37.9 Å². The van der Waals surface area contributed by atoms with Crippen molar-refractivity contribution in [1.29, 1.82) is 0 Å². The Hall–Kier alpha value is -1.13. The van der Waals surface area contributed by atoms with Crippen LogP contribution < -0.4 is 4.74 Å². The molecule has 0 aromatic carbocycles. The predicted octanol–water partition coefficient (Wildman–Crippen LogP) is 2.08. The fraction of sp³-hybridized carbons (Fsp3) is 0.615. The van der Waals surface area contributed by atoms with Crippen LogP contribution in [0.25, 0.3) is 0 Å². The molecule has 2 heterocycles. The Morgan fingerprint density at radius 2 is 2.47 bits per heavy atom. The summed E-state index contributed by atoms with van der Waals surface area (Å²) in [7, 11) is 1.59. The molecule has 1 aliphatic rings.